The molecule has 1 rings (SSSR count). The number of aliphatic hydroxyl groups excluding tert-OH is 1. The molecule has 0 saturated heterocycles. The Morgan fingerprint density at radius 1 is 1.44 bits per heavy atom. The van der Waals surface area contributed by atoms with Gasteiger partial charge in [0.15, 0.2) is 0 Å². The molecule has 2 heteroatoms. The Balaban J connectivity index is 0.000000148. The predicted octanol–water partition coefficient (Wildman–Crippen LogP) is 0.891. The molecule has 0 saturated carbocycles. The Labute approximate surface area is 54.1 Å². The van der Waals surface area contributed by atoms with Crippen molar-refractivity contribution in [2.75, 3.05) is 6.61 Å². The van der Waals surface area contributed by atoms with Crippen LogP contribution in [0.2, 0.25) is 0 Å². The quantitative estimate of drug-likeness (QED) is 0.521. The van der Waals surface area contributed by atoms with Gasteiger partial charge in [-0.1, -0.05) is 5.92 Å². The molecule has 1 N–H and O–H groups in total. The lowest BCUT2D eigenvalue weighted by molar-refractivity contribution is 0.351. The lowest BCUT2D eigenvalue weighted by Gasteiger charge is -1.55. The van der Waals surface area contributed by atoms with Crippen LogP contribution in [0, 0.1) is 12.3 Å². The van der Waals surface area contributed by atoms with Crippen LogP contribution in [-0.4, -0.2) is 11.7 Å². The maximum atomic E-state index is 7.64. The van der Waals surface area contributed by atoms with E-state index in [-0.39, 0.29) is 6.61 Å². The van der Waals surface area contributed by atoms with Crippen LogP contribution in [0.25, 0.3) is 0 Å². The van der Waals surface area contributed by atoms with E-state index in [2.05, 4.69) is 10.8 Å². The Kier molecular flexibility index (Phi) is 5.89. The largest absolute Gasteiger partial charge is 0.473 e. The van der Waals surface area contributed by atoms with E-state index in [1.54, 1.807) is 12.5 Å². The first kappa shape index (κ1) is 7.80. The van der Waals surface area contributed by atoms with Gasteiger partial charge in [0.25, 0.3) is 0 Å². The molecule has 0 aromatic carbocycles. The normalized spacial score (nSPS) is 6.67. The highest BCUT2D eigenvalue weighted by atomic mass is 16.3. The number of furan rings is 1. The lowest BCUT2D eigenvalue weighted by atomic mass is 10.7. The zero-order chi connectivity index (χ0) is 6.95. The zero-order valence-electron chi connectivity index (χ0n) is 4.95. The van der Waals surface area contributed by atoms with Crippen molar-refractivity contribution in [3.8, 4) is 12.3 Å². The molecule has 0 bridgehead atoms. The maximum absolute atomic E-state index is 7.64. The van der Waals surface area contributed by atoms with Gasteiger partial charge < -0.3 is 9.52 Å². The molecular formula is C7H8O2. The monoisotopic (exact) mass is 124 g/mol. The second-order valence-electron chi connectivity index (χ2n) is 1.16. The second-order valence-corrected chi connectivity index (χ2v) is 1.16. The molecule has 0 fully saturated rings. The van der Waals surface area contributed by atoms with Crippen LogP contribution in [0.5, 0.6) is 0 Å². The molecule has 0 radical (unpaired) electrons. The second kappa shape index (κ2) is 6.80. The van der Waals surface area contributed by atoms with Gasteiger partial charge in [0.2, 0.25) is 0 Å². The van der Waals surface area contributed by atoms with Crippen LogP contribution in [-0.2, 0) is 0 Å². The van der Waals surface area contributed by atoms with E-state index < -0.39 is 0 Å². The highest BCUT2D eigenvalue weighted by Crippen LogP contribution is 1.79. The van der Waals surface area contributed by atoms with Gasteiger partial charge in [-0.05, 0) is 12.1 Å². The van der Waals surface area contributed by atoms with E-state index in [1.807, 2.05) is 18.1 Å². The van der Waals surface area contributed by atoms with Gasteiger partial charge in [0, 0.05) is 0 Å². The van der Waals surface area contributed by atoms with Gasteiger partial charge in [0.1, 0.15) is 6.61 Å². The molecule has 9 heavy (non-hydrogen) atoms. The summed E-state index contributed by atoms with van der Waals surface area (Å²) in [7, 11) is 0. The molecule has 0 aliphatic rings. The van der Waals surface area contributed by atoms with E-state index in [0.717, 1.165) is 0 Å². The third-order valence-corrected chi connectivity index (χ3v) is 0.517. The van der Waals surface area contributed by atoms with Crippen LogP contribution >= 0.6 is 0 Å². The molecule has 0 atom stereocenters. The van der Waals surface area contributed by atoms with E-state index in [1.165, 1.54) is 0 Å². The fraction of sp³-hybridized carbons (Fsp3) is 0.143. The molecule has 2 nitrogen and oxygen atoms in total. The fourth-order valence-corrected chi connectivity index (χ4v) is 0.227. The predicted molar refractivity (Wildman–Crippen MR) is 34.6 cm³/mol. The summed E-state index contributed by atoms with van der Waals surface area (Å²) in [6.45, 7) is -0.153. The Bertz CT molecular complexity index is 131. The summed E-state index contributed by atoms with van der Waals surface area (Å²) in [6.07, 6.45) is 7.78. The molecule has 0 amide bonds. The van der Waals surface area contributed by atoms with E-state index in [0.29, 0.717) is 0 Å². The van der Waals surface area contributed by atoms with Crippen LogP contribution < -0.4 is 0 Å². The van der Waals surface area contributed by atoms with Crippen molar-refractivity contribution < 1.29 is 9.52 Å². The summed E-state index contributed by atoms with van der Waals surface area (Å²) < 4.78 is 4.58. The molecule has 0 unspecified atom stereocenters. The molecule has 0 aliphatic heterocycles. The third-order valence-electron chi connectivity index (χ3n) is 0.517. The van der Waals surface area contributed by atoms with Crippen LogP contribution in [0.4, 0.5) is 0 Å². The van der Waals surface area contributed by atoms with Gasteiger partial charge in [-0.25, -0.2) is 0 Å². The topological polar surface area (TPSA) is 33.4 Å². The van der Waals surface area contributed by atoms with Gasteiger partial charge in [-0.2, -0.15) is 0 Å². The summed E-state index contributed by atoms with van der Waals surface area (Å²) >= 11 is 0. The minimum absolute atomic E-state index is 0.153. The van der Waals surface area contributed by atoms with Gasteiger partial charge in [0.05, 0.1) is 12.5 Å². The third kappa shape index (κ3) is 6.80. The Morgan fingerprint density at radius 2 is 1.89 bits per heavy atom. The van der Waals surface area contributed by atoms with E-state index in [9.17, 15) is 0 Å². The molecule has 1 heterocycles. The SMILES string of the molecule is C#CCO.c1ccoc1. The number of hydrogen-bond acceptors (Lipinski definition) is 2. The van der Waals surface area contributed by atoms with Crippen molar-refractivity contribution in [3.63, 3.8) is 0 Å². The summed E-state index contributed by atoms with van der Waals surface area (Å²) in [5.41, 5.74) is 0. The highest BCUT2D eigenvalue weighted by Gasteiger charge is 1.58. The summed E-state index contributed by atoms with van der Waals surface area (Å²) in [6, 6.07) is 3.67. The Morgan fingerprint density at radius 3 is 2.00 bits per heavy atom. The molecule has 0 aliphatic carbocycles. The lowest BCUT2D eigenvalue weighted by Crippen LogP contribution is -1.64. The van der Waals surface area contributed by atoms with E-state index >= 15 is 0 Å². The van der Waals surface area contributed by atoms with Gasteiger partial charge in [-0.3, -0.25) is 0 Å². The van der Waals surface area contributed by atoms with Crippen LogP contribution in [0.1, 0.15) is 0 Å². The maximum Gasteiger partial charge on any atom is 0.103 e. The standard InChI is InChI=1S/C4H4O.C3H4O/c1-2-4-5-3-1;1-2-3-4/h1-4H;1,4H,3H2. The first-order valence-electron chi connectivity index (χ1n) is 2.43. The first-order valence-corrected chi connectivity index (χ1v) is 2.43. The average Bonchev–Trinajstić information content (AvgIpc) is 2.43. The van der Waals surface area contributed by atoms with Crippen LogP contribution in [0.3, 0.4) is 0 Å². The number of hydrogen-bond donors (Lipinski definition) is 1. The molecule has 0 spiro atoms. The highest BCUT2D eigenvalue weighted by molar-refractivity contribution is 4.81. The van der Waals surface area contributed by atoms with Crippen LogP contribution in [0.15, 0.2) is 29.1 Å². The fourth-order valence-electron chi connectivity index (χ4n) is 0.227. The van der Waals surface area contributed by atoms with Crippen molar-refractivity contribution in [2.45, 2.75) is 0 Å². The Hall–Kier alpha value is -1.20. The first-order chi connectivity index (χ1) is 4.41. The van der Waals surface area contributed by atoms with Crippen molar-refractivity contribution >= 4 is 0 Å². The van der Waals surface area contributed by atoms with Gasteiger partial charge >= 0.3 is 0 Å². The number of rotatable bonds is 0. The van der Waals surface area contributed by atoms with E-state index in [4.69, 9.17) is 5.11 Å². The van der Waals surface area contributed by atoms with Crippen molar-refractivity contribution in [3.05, 3.63) is 24.7 Å². The zero-order valence-corrected chi connectivity index (χ0v) is 4.95. The minimum atomic E-state index is -0.153. The molecule has 1 aromatic heterocycles. The minimum Gasteiger partial charge on any atom is -0.473 e. The molecule has 48 valence electrons. The summed E-state index contributed by atoms with van der Waals surface area (Å²) in [5, 5.41) is 7.64. The van der Waals surface area contributed by atoms with Crippen molar-refractivity contribution in [2.24, 2.45) is 0 Å². The summed E-state index contributed by atoms with van der Waals surface area (Å²) in [5.74, 6) is 1.99. The van der Waals surface area contributed by atoms with Crippen molar-refractivity contribution in [1.82, 2.24) is 0 Å². The van der Waals surface area contributed by atoms with Crippen molar-refractivity contribution in [1.29, 1.82) is 0 Å². The molecular weight excluding hydrogens is 116 g/mol. The van der Waals surface area contributed by atoms with Gasteiger partial charge in [-0.15, -0.1) is 6.42 Å². The smallest absolute Gasteiger partial charge is 0.103 e. The number of aliphatic hydroxyl groups is 1. The summed E-state index contributed by atoms with van der Waals surface area (Å²) in [4.78, 5) is 0. The average molecular weight is 124 g/mol. The number of terminal acetylenes is 1. The molecule has 1 aromatic rings.